The largest absolute Gasteiger partial charge is 0.497 e. The van der Waals surface area contributed by atoms with Crippen molar-refractivity contribution in [2.24, 2.45) is 10.9 Å². The monoisotopic (exact) mass is 408 g/mol. The summed E-state index contributed by atoms with van der Waals surface area (Å²) >= 11 is 0. The second-order valence-corrected chi connectivity index (χ2v) is 7.64. The van der Waals surface area contributed by atoms with Gasteiger partial charge in [0, 0.05) is 26.7 Å². The fourth-order valence-corrected chi connectivity index (χ4v) is 3.75. The number of piperidine rings is 1. The van der Waals surface area contributed by atoms with Crippen molar-refractivity contribution in [1.29, 1.82) is 0 Å². The fraction of sp³-hybridized carbons (Fsp3) is 0.417. The van der Waals surface area contributed by atoms with E-state index < -0.39 is 0 Å². The van der Waals surface area contributed by atoms with Crippen LogP contribution in [0, 0.1) is 5.92 Å². The molecule has 0 bridgehead atoms. The number of methoxy groups -OCH3 is 1. The Hall–Kier alpha value is -3.02. The molecule has 0 atom stereocenters. The van der Waals surface area contributed by atoms with Crippen LogP contribution < -0.4 is 15.4 Å². The number of carbonyl (C=O) groups excluding carboxylic acids is 1. The minimum absolute atomic E-state index is 0.126. The van der Waals surface area contributed by atoms with Gasteiger partial charge < -0.3 is 20.3 Å². The Morgan fingerprint density at radius 3 is 2.37 bits per heavy atom. The minimum atomic E-state index is 0.126. The summed E-state index contributed by atoms with van der Waals surface area (Å²) in [6.07, 6.45) is 3.22. The summed E-state index contributed by atoms with van der Waals surface area (Å²) in [5, 5.41) is 6.38. The Morgan fingerprint density at radius 2 is 1.73 bits per heavy atom. The van der Waals surface area contributed by atoms with E-state index in [-0.39, 0.29) is 12.5 Å². The first-order valence-corrected chi connectivity index (χ1v) is 10.6. The molecule has 160 valence electrons. The topological polar surface area (TPSA) is 66.0 Å². The maximum atomic E-state index is 12.6. The lowest BCUT2D eigenvalue weighted by Crippen LogP contribution is -2.46. The van der Waals surface area contributed by atoms with Gasteiger partial charge in [0.15, 0.2) is 5.96 Å². The predicted molar refractivity (Wildman–Crippen MR) is 121 cm³/mol. The van der Waals surface area contributed by atoms with Crippen molar-refractivity contribution in [2.75, 3.05) is 33.8 Å². The molecule has 0 unspecified atom stereocenters. The molecule has 1 fully saturated rings. The van der Waals surface area contributed by atoms with Crippen LogP contribution in [0.2, 0.25) is 0 Å². The van der Waals surface area contributed by atoms with Gasteiger partial charge in [0.1, 0.15) is 5.75 Å². The van der Waals surface area contributed by atoms with Gasteiger partial charge >= 0.3 is 0 Å². The summed E-state index contributed by atoms with van der Waals surface area (Å²) in [6.45, 7) is 2.54. The van der Waals surface area contributed by atoms with Crippen LogP contribution >= 0.6 is 0 Å². The molecule has 0 saturated carbocycles. The number of aliphatic imine (C=N–C) groups is 1. The normalized spacial score (nSPS) is 15.0. The number of amides is 1. The molecule has 6 heteroatoms. The van der Waals surface area contributed by atoms with Crippen LogP contribution in [0.3, 0.4) is 0 Å². The van der Waals surface area contributed by atoms with Gasteiger partial charge in [-0.1, -0.05) is 42.5 Å². The fourth-order valence-electron chi connectivity index (χ4n) is 3.75. The van der Waals surface area contributed by atoms with Gasteiger partial charge in [0.25, 0.3) is 0 Å². The molecule has 1 aliphatic rings. The van der Waals surface area contributed by atoms with E-state index >= 15 is 0 Å². The molecule has 1 amide bonds. The molecule has 1 heterocycles. The smallest absolute Gasteiger partial charge is 0.241 e. The number of hydrogen-bond donors (Lipinski definition) is 2. The summed E-state index contributed by atoms with van der Waals surface area (Å²) in [5.74, 6) is 2.24. The summed E-state index contributed by atoms with van der Waals surface area (Å²) < 4.78 is 5.18. The SMILES string of the molecule is CN=C(NCC(=O)N1CCC(Cc2ccccc2)CC1)NCc1ccc(OC)cc1. The van der Waals surface area contributed by atoms with E-state index in [0.717, 1.165) is 43.7 Å². The van der Waals surface area contributed by atoms with Crippen molar-refractivity contribution in [3.05, 3.63) is 65.7 Å². The third-order valence-corrected chi connectivity index (χ3v) is 5.58. The van der Waals surface area contributed by atoms with E-state index in [9.17, 15) is 4.79 Å². The van der Waals surface area contributed by atoms with Gasteiger partial charge in [0.2, 0.25) is 5.91 Å². The number of rotatable bonds is 7. The van der Waals surface area contributed by atoms with E-state index in [1.165, 1.54) is 5.56 Å². The molecule has 0 aliphatic carbocycles. The van der Waals surface area contributed by atoms with Crippen molar-refractivity contribution in [2.45, 2.75) is 25.8 Å². The second-order valence-electron chi connectivity index (χ2n) is 7.64. The van der Waals surface area contributed by atoms with Crippen LogP contribution in [0.25, 0.3) is 0 Å². The molecule has 0 spiro atoms. The van der Waals surface area contributed by atoms with Gasteiger partial charge in [-0.25, -0.2) is 0 Å². The van der Waals surface area contributed by atoms with Crippen molar-refractivity contribution in [3.63, 3.8) is 0 Å². The molecule has 0 aromatic heterocycles. The number of hydrogen-bond acceptors (Lipinski definition) is 3. The average Bonchev–Trinajstić information content (AvgIpc) is 2.80. The lowest BCUT2D eigenvalue weighted by molar-refractivity contribution is -0.131. The molecule has 1 aliphatic heterocycles. The third-order valence-electron chi connectivity index (χ3n) is 5.58. The Bertz CT molecular complexity index is 813. The van der Waals surface area contributed by atoms with Crippen LogP contribution in [-0.4, -0.2) is 50.6 Å². The van der Waals surface area contributed by atoms with E-state index in [1.54, 1.807) is 14.2 Å². The zero-order chi connectivity index (χ0) is 21.2. The Balaban J connectivity index is 1.37. The predicted octanol–water partition coefficient (Wildman–Crippen LogP) is 2.84. The van der Waals surface area contributed by atoms with Crippen molar-refractivity contribution in [3.8, 4) is 5.75 Å². The number of ether oxygens (including phenoxy) is 1. The molecule has 1 saturated heterocycles. The molecule has 2 N–H and O–H groups in total. The molecule has 2 aromatic carbocycles. The molecule has 6 nitrogen and oxygen atoms in total. The number of likely N-dealkylation sites (tertiary alicyclic amines) is 1. The van der Waals surface area contributed by atoms with E-state index in [2.05, 4.69) is 46.0 Å². The van der Waals surface area contributed by atoms with Gasteiger partial charge in [-0.05, 0) is 48.4 Å². The highest BCUT2D eigenvalue weighted by Crippen LogP contribution is 2.21. The van der Waals surface area contributed by atoms with Crippen LogP contribution in [0.1, 0.15) is 24.0 Å². The summed E-state index contributed by atoms with van der Waals surface area (Å²) in [5.41, 5.74) is 2.50. The highest BCUT2D eigenvalue weighted by molar-refractivity contribution is 5.86. The Morgan fingerprint density at radius 1 is 1.03 bits per heavy atom. The zero-order valence-electron chi connectivity index (χ0n) is 17.9. The van der Waals surface area contributed by atoms with Crippen LogP contribution in [0.15, 0.2) is 59.6 Å². The maximum absolute atomic E-state index is 12.6. The number of nitrogens with one attached hydrogen (secondary N) is 2. The highest BCUT2D eigenvalue weighted by atomic mass is 16.5. The van der Waals surface area contributed by atoms with Crippen molar-refractivity contribution in [1.82, 2.24) is 15.5 Å². The Kier molecular flexibility index (Phi) is 8.12. The summed E-state index contributed by atoms with van der Waals surface area (Å²) in [4.78, 5) is 18.8. The maximum Gasteiger partial charge on any atom is 0.241 e. The quantitative estimate of drug-likeness (QED) is 0.546. The molecule has 30 heavy (non-hydrogen) atoms. The van der Waals surface area contributed by atoms with Gasteiger partial charge in [-0.15, -0.1) is 0 Å². The Labute approximate surface area is 179 Å². The molecule has 0 radical (unpaired) electrons. The number of nitrogens with zero attached hydrogens (tertiary/aromatic N) is 2. The average molecular weight is 409 g/mol. The standard InChI is InChI=1S/C24H32N4O2/c1-25-24(26-17-21-8-10-22(30-2)11-9-21)27-18-23(29)28-14-12-20(13-15-28)16-19-6-4-3-5-7-19/h3-11,20H,12-18H2,1-2H3,(H2,25,26,27). The van der Waals surface area contributed by atoms with E-state index in [1.807, 2.05) is 29.2 Å². The van der Waals surface area contributed by atoms with E-state index in [0.29, 0.717) is 18.4 Å². The van der Waals surface area contributed by atoms with Crippen LogP contribution in [-0.2, 0) is 17.8 Å². The zero-order valence-corrected chi connectivity index (χ0v) is 17.9. The van der Waals surface area contributed by atoms with E-state index in [4.69, 9.17) is 4.74 Å². The first-order chi connectivity index (χ1) is 14.7. The number of benzene rings is 2. The van der Waals surface area contributed by atoms with Gasteiger partial charge in [0.05, 0.1) is 13.7 Å². The van der Waals surface area contributed by atoms with Crippen LogP contribution in [0.5, 0.6) is 5.75 Å². The molecule has 3 rings (SSSR count). The molecular weight excluding hydrogens is 376 g/mol. The summed E-state index contributed by atoms with van der Waals surface area (Å²) in [7, 11) is 3.37. The third kappa shape index (κ3) is 6.51. The lowest BCUT2D eigenvalue weighted by atomic mass is 9.90. The first kappa shape index (κ1) is 21.7. The van der Waals surface area contributed by atoms with Crippen LogP contribution in [0.4, 0.5) is 0 Å². The van der Waals surface area contributed by atoms with Crippen molar-refractivity contribution >= 4 is 11.9 Å². The summed E-state index contributed by atoms with van der Waals surface area (Å²) in [6, 6.07) is 18.5. The van der Waals surface area contributed by atoms with Gasteiger partial charge in [-0.2, -0.15) is 0 Å². The first-order valence-electron chi connectivity index (χ1n) is 10.6. The number of carbonyl (C=O) groups is 1. The number of guanidine groups is 1. The highest BCUT2D eigenvalue weighted by Gasteiger charge is 2.22. The minimum Gasteiger partial charge on any atom is -0.497 e. The second kappa shape index (κ2) is 11.2. The lowest BCUT2D eigenvalue weighted by Gasteiger charge is -2.32. The molecular formula is C24H32N4O2. The van der Waals surface area contributed by atoms with Gasteiger partial charge in [-0.3, -0.25) is 9.79 Å². The van der Waals surface area contributed by atoms with Crippen molar-refractivity contribution < 1.29 is 9.53 Å². The molecule has 2 aromatic rings.